The molecular weight excluding hydrogens is 242 g/mol. The van der Waals surface area contributed by atoms with Crippen LogP contribution >= 0.6 is 0 Å². The maximum absolute atomic E-state index is 10.5. The number of rotatable bonds is 1. The minimum atomic E-state index is -0.681. The summed E-state index contributed by atoms with van der Waals surface area (Å²) in [6.07, 6.45) is 1.40. The van der Waals surface area contributed by atoms with Crippen LogP contribution in [0.15, 0.2) is 30.5 Å². The molecule has 2 aromatic rings. The summed E-state index contributed by atoms with van der Waals surface area (Å²) in [7, 11) is 0. The van der Waals surface area contributed by atoms with Crippen molar-refractivity contribution in [2.75, 3.05) is 5.73 Å². The lowest BCUT2D eigenvalue weighted by molar-refractivity contribution is -0.112. The van der Waals surface area contributed by atoms with Crippen molar-refractivity contribution >= 4 is 11.7 Å². The number of nitrogens with two attached hydrogens (primary N) is 2. The Hall–Kier alpha value is -3.25. The molecule has 1 aromatic carbocycles. The largest absolute Gasteiger partial charge is 0.382 e. The van der Waals surface area contributed by atoms with Crippen molar-refractivity contribution in [2.45, 2.75) is 0 Å². The molecule has 92 valence electrons. The lowest BCUT2D eigenvalue weighted by Gasteiger charge is -2.03. The smallest absolute Gasteiger partial charge is 0.293 e. The summed E-state index contributed by atoms with van der Waals surface area (Å²) in [6, 6.07) is 8.82. The van der Waals surface area contributed by atoms with E-state index in [0.29, 0.717) is 16.8 Å². The summed E-state index contributed by atoms with van der Waals surface area (Å²) in [4.78, 5) is 10.5. The van der Waals surface area contributed by atoms with Gasteiger partial charge in [0, 0.05) is 5.56 Å². The van der Waals surface area contributed by atoms with Gasteiger partial charge in [-0.2, -0.15) is 10.4 Å². The van der Waals surface area contributed by atoms with Crippen LogP contribution < -0.4 is 11.5 Å². The molecule has 4 N–H and O–H groups in total. The van der Waals surface area contributed by atoms with Gasteiger partial charge in [0.1, 0.15) is 17.5 Å². The van der Waals surface area contributed by atoms with Crippen molar-refractivity contribution in [1.82, 2.24) is 9.78 Å². The standard InChI is InChI=1S/C13H9N5O/c14-7-10-8-17-18(13(10)16)11-4-1-9(2-5-11)3-6-12(15)19/h1-2,4-5,8H,16H2,(H2,15,19). The van der Waals surface area contributed by atoms with Crippen molar-refractivity contribution in [3.63, 3.8) is 0 Å². The van der Waals surface area contributed by atoms with Gasteiger partial charge >= 0.3 is 0 Å². The number of nitrogen functional groups attached to an aromatic ring is 1. The van der Waals surface area contributed by atoms with Crippen molar-refractivity contribution in [3.8, 4) is 23.6 Å². The summed E-state index contributed by atoms with van der Waals surface area (Å²) >= 11 is 0. The maximum atomic E-state index is 10.5. The third-order valence-electron chi connectivity index (χ3n) is 2.37. The summed E-state index contributed by atoms with van der Waals surface area (Å²) in [5.41, 5.74) is 12.4. The molecule has 0 radical (unpaired) electrons. The van der Waals surface area contributed by atoms with Crippen LogP contribution in [0.5, 0.6) is 0 Å². The van der Waals surface area contributed by atoms with Crippen molar-refractivity contribution in [3.05, 3.63) is 41.6 Å². The molecule has 0 saturated heterocycles. The zero-order chi connectivity index (χ0) is 13.8. The van der Waals surface area contributed by atoms with Crippen LogP contribution in [0.4, 0.5) is 5.82 Å². The van der Waals surface area contributed by atoms with Crippen molar-refractivity contribution in [2.24, 2.45) is 5.73 Å². The number of hydrogen-bond acceptors (Lipinski definition) is 4. The topological polar surface area (TPSA) is 111 Å². The van der Waals surface area contributed by atoms with E-state index in [1.807, 2.05) is 6.07 Å². The number of carbonyl (C=O) groups excluding carboxylic acids is 1. The maximum Gasteiger partial charge on any atom is 0.293 e. The summed E-state index contributed by atoms with van der Waals surface area (Å²) in [5, 5.41) is 12.8. The number of amides is 1. The first-order valence-corrected chi connectivity index (χ1v) is 5.27. The van der Waals surface area contributed by atoms with Crippen LogP contribution in [0.3, 0.4) is 0 Å². The first-order valence-electron chi connectivity index (χ1n) is 5.27. The van der Waals surface area contributed by atoms with E-state index >= 15 is 0 Å². The number of nitrogens with zero attached hydrogens (tertiary/aromatic N) is 3. The third kappa shape index (κ3) is 2.54. The number of aromatic nitrogens is 2. The van der Waals surface area contributed by atoms with Crippen LogP contribution in [-0.4, -0.2) is 15.7 Å². The highest BCUT2D eigenvalue weighted by Crippen LogP contribution is 2.16. The molecule has 6 nitrogen and oxygen atoms in total. The summed E-state index contributed by atoms with van der Waals surface area (Å²) in [5.74, 6) is 4.46. The van der Waals surface area contributed by atoms with Crippen LogP contribution in [0.1, 0.15) is 11.1 Å². The number of anilines is 1. The van der Waals surface area contributed by atoms with E-state index in [0.717, 1.165) is 0 Å². The van der Waals surface area contributed by atoms with E-state index in [-0.39, 0.29) is 5.82 Å². The van der Waals surface area contributed by atoms with Crippen LogP contribution in [0.25, 0.3) is 5.69 Å². The van der Waals surface area contributed by atoms with Gasteiger partial charge in [0.25, 0.3) is 5.91 Å². The second kappa shape index (κ2) is 4.94. The molecule has 0 fully saturated rings. The van der Waals surface area contributed by atoms with E-state index < -0.39 is 5.91 Å². The lowest BCUT2D eigenvalue weighted by atomic mass is 10.2. The fourth-order valence-electron chi connectivity index (χ4n) is 1.47. The normalized spacial score (nSPS) is 9.21. The van der Waals surface area contributed by atoms with E-state index in [1.54, 1.807) is 24.3 Å². The fraction of sp³-hybridized carbons (Fsp3) is 0. The summed E-state index contributed by atoms with van der Waals surface area (Å²) < 4.78 is 1.45. The van der Waals surface area contributed by atoms with Crippen LogP contribution in [0.2, 0.25) is 0 Å². The highest BCUT2D eigenvalue weighted by atomic mass is 16.1. The number of hydrogen-bond donors (Lipinski definition) is 2. The Balaban J connectivity index is 2.34. The minimum Gasteiger partial charge on any atom is -0.382 e. The SMILES string of the molecule is N#Cc1cnn(-c2ccc(C#CC(N)=O)cc2)c1N. The van der Waals surface area contributed by atoms with Crippen LogP contribution in [0, 0.1) is 23.2 Å². The Morgan fingerprint density at radius 3 is 2.53 bits per heavy atom. The number of carbonyl (C=O) groups is 1. The second-order valence-corrected chi connectivity index (χ2v) is 3.63. The highest BCUT2D eigenvalue weighted by Gasteiger charge is 2.07. The second-order valence-electron chi connectivity index (χ2n) is 3.63. The minimum absolute atomic E-state index is 0.276. The Morgan fingerprint density at radius 1 is 1.32 bits per heavy atom. The van der Waals surface area contributed by atoms with Crippen LogP contribution in [-0.2, 0) is 4.79 Å². The number of benzene rings is 1. The zero-order valence-corrected chi connectivity index (χ0v) is 9.79. The molecule has 1 heterocycles. The molecule has 2 rings (SSSR count). The molecule has 0 aliphatic carbocycles. The van der Waals surface area contributed by atoms with Gasteiger partial charge < -0.3 is 11.5 Å². The molecule has 0 saturated carbocycles. The van der Waals surface area contributed by atoms with E-state index in [1.165, 1.54) is 10.9 Å². The average Bonchev–Trinajstić information content (AvgIpc) is 2.78. The lowest BCUT2D eigenvalue weighted by Crippen LogP contribution is -2.06. The molecule has 0 unspecified atom stereocenters. The molecule has 0 aliphatic heterocycles. The molecule has 1 amide bonds. The van der Waals surface area contributed by atoms with Crippen molar-refractivity contribution < 1.29 is 4.79 Å². The fourth-order valence-corrected chi connectivity index (χ4v) is 1.47. The third-order valence-corrected chi connectivity index (χ3v) is 2.37. The number of nitriles is 1. The Bertz CT molecular complexity index is 725. The predicted molar refractivity (Wildman–Crippen MR) is 68.8 cm³/mol. The Kier molecular flexibility index (Phi) is 3.18. The average molecular weight is 251 g/mol. The van der Waals surface area contributed by atoms with E-state index in [9.17, 15) is 4.79 Å². The summed E-state index contributed by atoms with van der Waals surface area (Å²) in [6.45, 7) is 0. The predicted octanol–water partition coefficient (Wildman–Crippen LogP) is 0.163. The monoisotopic (exact) mass is 251 g/mol. The first-order chi connectivity index (χ1) is 9.11. The van der Waals surface area contributed by atoms with Crippen molar-refractivity contribution in [1.29, 1.82) is 5.26 Å². The van der Waals surface area contributed by atoms with E-state index in [2.05, 4.69) is 16.9 Å². The van der Waals surface area contributed by atoms with E-state index in [4.69, 9.17) is 16.7 Å². The molecule has 0 spiro atoms. The molecule has 0 atom stereocenters. The first kappa shape index (κ1) is 12.2. The van der Waals surface area contributed by atoms with Gasteiger partial charge in [-0.3, -0.25) is 4.79 Å². The number of primary amides is 1. The van der Waals surface area contributed by atoms with Gasteiger partial charge in [-0.05, 0) is 30.2 Å². The molecule has 6 heteroatoms. The zero-order valence-electron chi connectivity index (χ0n) is 9.79. The van der Waals surface area contributed by atoms with Gasteiger partial charge in [0.05, 0.1) is 11.9 Å². The molecule has 1 aromatic heterocycles. The molecule has 19 heavy (non-hydrogen) atoms. The van der Waals surface area contributed by atoms with Gasteiger partial charge in [0.2, 0.25) is 0 Å². The Morgan fingerprint density at radius 2 is 2.00 bits per heavy atom. The van der Waals surface area contributed by atoms with Gasteiger partial charge in [-0.25, -0.2) is 4.68 Å². The van der Waals surface area contributed by atoms with Gasteiger partial charge in [0.15, 0.2) is 0 Å². The Labute approximate surface area is 109 Å². The molecule has 0 aliphatic rings. The van der Waals surface area contributed by atoms with Gasteiger partial charge in [-0.1, -0.05) is 5.92 Å². The van der Waals surface area contributed by atoms with Gasteiger partial charge in [-0.15, -0.1) is 0 Å². The highest BCUT2D eigenvalue weighted by molar-refractivity contribution is 5.92. The molecular formula is C13H9N5O. The quantitative estimate of drug-likeness (QED) is 0.703. The molecule has 0 bridgehead atoms.